The first-order valence-corrected chi connectivity index (χ1v) is 10.1. The Morgan fingerprint density at radius 1 is 1.07 bits per heavy atom. The summed E-state index contributed by atoms with van der Waals surface area (Å²) >= 11 is 1.50. The third kappa shape index (κ3) is 4.05. The summed E-state index contributed by atoms with van der Waals surface area (Å²) in [6.07, 6.45) is 5.52. The minimum Gasteiger partial charge on any atom is -0.355 e. The van der Waals surface area contributed by atoms with Crippen molar-refractivity contribution >= 4 is 22.5 Å². The third-order valence-corrected chi connectivity index (χ3v) is 5.44. The van der Waals surface area contributed by atoms with Gasteiger partial charge < -0.3 is 9.80 Å². The molecule has 0 radical (unpaired) electrons. The molecule has 0 bridgehead atoms. The number of nitrogens with zero attached hydrogens (tertiary/aromatic N) is 7. The highest BCUT2D eigenvalue weighted by Crippen LogP contribution is 2.23. The van der Waals surface area contributed by atoms with Crippen molar-refractivity contribution in [2.75, 3.05) is 36.0 Å². The topological polar surface area (TPSA) is 70.9 Å². The highest BCUT2D eigenvalue weighted by molar-refractivity contribution is 7.09. The lowest BCUT2D eigenvalue weighted by molar-refractivity contribution is 0.794. The van der Waals surface area contributed by atoms with E-state index in [-0.39, 0.29) is 0 Å². The number of pyridine rings is 1. The zero-order chi connectivity index (χ0) is 18.6. The van der Waals surface area contributed by atoms with Crippen LogP contribution in [0.2, 0.25) is 0 Å². The molecule has 1 fully saturated rings. The second-order valence-electron chi connectivity index (χ2n) is 6.61. The van der Waals surface area contributed by atoms with E-state index in [0.29, 0.717) is 0 Å². The molecule has 0 saturated carbocycles. The van der Waals surface area contributed by atoms with E-state index < -0.39 is 0 Å². The molecule has 27 heavy (non-hydrogen) atoms. The summed E-state index contributed by atoms with van der Waals surface area (Å²) in [7, 11) is 0. The second-order valence-corrected chi connectivity index (χ2v) is 7.34. The Bertz CT molecular complexity index is 896. The van der Waals surface area contributed by atoms with Crippen molar-refractivity contribution in [2.45, 2.75) is 26.7 Å². The van der Waals surface area contributed by atoms with Crippen molar-refractivity contribution in [1.29, 1.82) is 0 Å². The fraction of sp³-hybridized carbons (Fsp3) is 0.421. The van der Waals surface area contributed by atoms with Gasteiger partial charge in [-0.2, -0.15) is 4.37 Å². The summed E-state index contributed by atoms with van der Waals surface area (Å²) in [6, 6.07) is 5.98. The van der Waals surface area contributed by atoms with Crippen LogP contribution in [0.5, 0.6) is 0 Å². The van der Waals surface area contributed by atoms with Crippen molar-refractivity contribution < 1.29 is 0 Å². The largest absolute Gasteiger partial charge is 0.355 e. The molecule has 0 spiro atoms. The van der Waals surface area contributed by atoms with E-state index in [1.165, 1.54) is 11.5 Å². The van der Waals surface area contributed by atoms with Crippen LogP contribution in [0.1, 0.15) is 24.9 Å². The molecule has 3 aromatic rings. The smallest absolute Gasteiger partial charge is 0.205 e. The molecule has 0 aromatic carbocycles. The predicted molar refractivity (Wildman–Crippen MR) is 108 cm³/mol. The number of hydrogen-bond donors (Lipinski definition) is 0. The number of aryl methyl sites for hydroxylation is 2. The Kier molecular flexibility index (Phi) is 5.24. The third-order valence-electron chi connectivity index (χ3n) is 4.62. The monoisotopic (exact) mass is 381 g/mol. The average molecular weight is 382 g/mol. The molecule has 0 unspecified atom stereocenters. The molecule has 1 saturated heterocycles. The van der Waals surface area contributed by atoms with E-state index in [1.54, 1.807) is 6.20 Å². The SMILES string of the molecule is CCc1nsc(N2CCCN(c3cc(C)nc(-c4cccnc4)n3)CC2)n1. The molecule has 1 aliphatic rings. The zero-order valence-corrected chi connectivity index (χ0v) is 16.5. The molecule has 1 aliphatic heterocycles. The van der Waals surface area contributed by atoms with E-state index >= 15 is 0 Å². The van der Waals surface area contributed by atoms with E-state index in [9.17, 15) is 0 Å². The van der Waals surface area contributed by atoms with Crippen LogP contribution in [0.3, 0.4) is 0 Å². The molecular weight excluding hydrogens is 358 g/mol. The highest BCUT2D eigenvalue weighted by atomic mass is 32.1. The number of anilines is 2. The van der Waals surface area contributed by atoms with Crippen LogP contribution in [0.15, 0.2) is 30.6 Å². The predicted octanol–water partition coefficient (Wildman–Crippen LogP) is 2.98. The molecule has 7 nitrogen and oxygen atoms in total. The maximum atomic E-state index is 4.82. The van der Waals surface area contributed by atoms with Gasteiger partial charge in [0.1, 0.15) is 11.6 Å². The molecule has 0 aliphatic carbocycles. The van der Waals surface area contributed by atoms with Gasteiger partial charge in [0.25, 0.3) is 0 Å². The minimum absolute atomic E-state index is 0.732. The zero-order valence-electron chi connectivity index (χ0n) is 15.7. The molecule has 3 aromatic heterocycles. The average Bonchev–Trinajstić information content (AvgIpc) is 3.05. The normalized spacial score (nSPS) is 15.0. The molecule has 0 atom stereocenters. The minimum atomic E-state index is 0.732. The van der Waals surface area contributed by atoms with Crippen LogP contribution < -0.4 is 9.80 Å². The summed E-state index contributed by atoms with van der Waals surface area (Å²) < 4.78 is 4.42. The Hall–Kier alpha value is -2.61. The molecular formula is C19H23N7S. The Labute approximate surface area is 163 Å². The first-order chi connectivity index (χ1) is 13.2. The van der Waals surface area contributed by atoms with Gasteiger partial charge in [0, 0.05) is 73.8 Å². The van der Waals surface area contributed by atoms with Gasteiger partial charge in [-0.15, -0.1) is 0 Å². The highest BCUT2D eigenvalue weighted by Gasteiger charge is 2.20. The molecule has 4 rings (SSSR count). The molecule has 8 heteroatoms. The van der Waals surface area contributed by atoms with Crippen molar-refractivity contribution in [3.63, 3.8) is 0 Å². The standard InChI is InChI=1S/C19H23N7S/c1-3-16-22-19(27-24-16)26-9-5-8-25(10-11-26)17-12-14(2)21-18(23-17)15-6-4-7-20-13-15/h4,6-7,12-13H,3,5,8-11H2,1-2H3. The van der Waals surface area contributed by atoms with Crippen molar-refractivity contribution in [2.24, 2.45) is 0 Å². The van der Waals surface area contributed by atoms with Crippen LogP contribution in [-0.2, 0) is 6.42 Å². The van der Waals surface area contributed by atoms with Crippen LogP contribution in [0.25, 0.3) is 11.4 Å². The van der Waals surface area contributed by atoms with Gasteiger partial charge >= 0.3 is 0 Å². The van der Waals surface area contributed by atoms with Gasteiger partial charge in [0.05, 0.1) is 0 Å². The first kappa shape index (κ1) is 17.8. The molecule has 140 valence electrons. The summed E-state index contributed by atoms with van der Waals surface area (Å²) in [5, 5.41) is 1.03. The second kappa shape index (κ2) is 7.96. The van der Waals surface area contributed by atoms with E-state index in [1.807, 2.05) is 25.3 Å². The van der Waals surface area contributed by atoms with Crippen molar-refractivity contribution in [1.82, 2.24) is 24.3 Å². The Morgan fingerprint density at radius 3 is 2.70 bits per heavy atom. The lowest BCUT2D eigenvalue weighted by Gasteiger charge is -2.23. The van der Waals surface area contributed by atoms with Gasteiger partial charge in [-0.3, -0.25) is 4.98 Å². The van der Waals surface area contributed by atoms with Gasteiger partial charge in [0.15, 0.2) is 5.82 Å². The fourth-order valence-corrected chi connectivity index (χ4v) is 3.99. The first-order valence-electron chi connectivity index (χ1n) is 9.31. The number of hydrogen-bond acceptors (Lipinski definition) is 8. The molecule has 0 amide bonds. The summed E-state index contributed by atoms with van der Waals surface area (Å²) in [5.41, 5.74) is 1.91. The van der Waals surface area contributed by atoms with Gasteiger partial charge in [-0.05, 0) is 25.5 Å². The van der Waals surface area contributed by atoms with Crippen molar-refractivity contribution in [3.8, 4) is 11.4 Å². The van der Waals surface area contributed by atoms with E-state index in [2.05, 4.69) is 42.1 Å². The fourth-order valence-electron chi connectivity index (χ4n) is 3.19. The summed E-state index contributed by atoms with van der Waals surface area (Å²) in [5.74, 6) is 2.65. The van der Waals surface area contributed by atoms with E-state index in [4.69, 9.17) is 4.98 Å². The lowest BCUT2D eigenvalue weighted by Crippen LogP contribution is -2.31. The van der Waals surface area contributed by atoms with Gasteiger partial charge in [-0.1, -0.05) is 6.92 Å². The van der Waals surface area contributed by atoms with Crippen LogP contribution in [-0.4, -0.2) is 50.5 Å². The number of aromatic nitrogens is 5. The van der Waals surface area contributed by atoms with Gasteiger partial charge in [-0.25, -0.2) is 15.0 Å². The molecule has 0 N–H and O–H groups in total. The van der Waals surface area contributed by atoms with Crippen LogP contribution in [0.4, 0.5) is 10.9 Å². The van der Waals surface area contributed by atoms with Crippen LogP contribution >= 0.6 is 11.5 Å². The quantitative estimate of drug-likeness (QED) is 0.688. The van der Waals surface area contributed by atoms with Crippen LogP contribution in [0, 0.1) is 6.92 Å². The summed E-state index contributed by atoms with van der Waals surface area (Å²) in [4.78, 5) is 22.9. The van der Waals surface area contributed by atoms with Gasteiger partial charge in [0.2, 0.25) is 5.13 Å². The summed E-state index contributed by atoms with van der Waals surface area (Å²) in [6.45, 7) is 7.90. The maximum Gasteiger partial charge on any atom is 0.205 e. The number of rotatable bonds is 4. The Morgan fingerprint density at radius 2 is 1.93 bits per heavy atom. The molecule has 4 heterocycles. The lowest BCUT2D eigenvalue weighted by atomic mass is 10.2. The maximum absolute atomic E-state index is 4.82. The van der Waals surface area contributed by atoms with E-state index in [0.717, 1.165) is 72.9 Å². The van der Waals surface area contributed by atoms with Crippen molar-refractivity contribution in [3.05, 3.63) is 42.1 Å². The Balaban J connectivity index is 1.53.